The zero-order valence-corrected chi connectivity index (χ0v) is 20.4. The number of ether oxygens (including phenoxy) is 3. The number of hydrogen-bond acceptors (Lipinski definition) is 4. The molecule has 0 N–H and O–H groups in total. The second-order valence-corrected chi connectivity index (χ2v) is 14.7. The first-order valence-corrected chi connectivity index (χ1v) is 14.3. The van der Waals surface area contributed by atoms with Crippen LogP contribution in [-0.2, 0) is 18.6 Å². The first-order valence-electron chi connectivity index (χ1n) is 11.4. The van der Waals surface area contributed by atoms with Gasteiger partial charge < -0.3 is 18.6 Å². The molecule has 28 heavy (non-hydrogen) atoms. The van der Waals surface area contributed by atoms with Crippen molar-refractivity contribution in [3.63, 3.8) is 0 Å². The van der Waals surface area contributed by atoms with E-state index in [-0.39, 0.29) is 11.3 Å². The lowest BCUT2D eigenvalue weighted by molar-refractivity contribution is -0.127. The topological polar surface area (TPSA) is 36.9 Å². The van der Waals surface area contributed by atoms with Gasteiger partial charge in [0.15, 0.2) is 14.6 Å². The summed E-state index contributed by atoms with van der Waals surface area (Å²) in [6.45, 7) is 17.1. The molecule has 4 atom stereocenters. The van der Waals surface area contributed by atoms with E-state index in [9.17, 15) is 0 Å². The molecule has 0 saturated heterocycles. The van der Waals surface area contributed by atoms with E-state index in [1.807, 2.05) is 13.8 Å². The fraction of sp³-hybridized carbons (Fsp3) is 0.913. The molecule has 1 fully saturated rings. The third-order valence-electron chi connectivity index (χ3n) is 6.68. The molecule has 164 valence electrons. The molecule has 4 nitrogen and oxygen atoms in total. The number of rotatable bonds is 9. The number of hydrogen-bond donors (Lipinski definition) is 0. The van der Waals surface area contributed by atoms with E-state index in [4.69, 9.17) is 18.6 Å². The molecule has 1 heterocycles. The predicted octanol–water partition coefficient (Wildman–Crippen LogP) is 6.42. The molecule has 0 aromatic rings. The second-order valence-electron chi connectivity index (χ2n) is 9.91. The minimum absolute atomic E-state index is 0.120. The zero-order chi connectivity index (χ0) is 20.8. The van der Waals surface area contributed by atoms with Gasteiger partial charge >= 0.3 is 0 Å². The Kier molecular flexibility index (Phi) is 9.05. The summed E-state index contributed by atoms with van der Waals surface area (Å²) < 4.78 is 24.5. The third-order valence-corrected chi connectivity index (χ3v) is 11.2. The Balaban J connectivity index is 1.86. The SMILES string of the molecule is CCOC(C)OCCCC1=CCC[C@@H]2[C@H](CCC[C@H]2O[Si](C)(C)C(C)(C)C)O1. The fourth-order valence-corrected chi connectivity index (χ4v) is 5.43. The van der Waals surface area contributed by atoms with Gasteiger partial charge in [0, 0.05) is 18.9 Å². The average molecular weight is 413 g/mol. The summed E-state index contributed by atoms with van der Waals surface area (Å²) in [6.07, 6.45) is 10.7. The molecule has 1 saturated carbocycles. The predicted molar refractivity (Wildman–Crippen MR) is 118 cm³/mol. The van der Waals surface area contributed by atoms with Gasteiger partial charge in [-0.3, -0.25) is 0 Å². The van der Waals surface area contributed by atoms with Crippen LogP contribution in [0.25, 0.3) is 0 Å². The van der Waals surface area contributed by atoms with Gasteiger partial charge in [0.2, 0.25) is 0 Å². The van der Waals surface area contributed by atoms with Crippen molar-refractivity contribution in [3.8, 4) is 0 Å². The van der Waals surface area contributed by atoms with E-state index in [1.165, 1.54) is 19.3 Å². The highest BCUT2D eigenvalue weighted by Gasteiger charge is 2.44. The van der Waals surface area contributed by atoms with Gasteiger partial charge in [-0.1, -0.05) is 20.8 Å². The summed E-state index contributed by atoms with van der Waals surface area (Å²) >= 11 is 0. The van der Waals surface area contributed by atoms with Gasteiger partial charge in [-0.2, -0.15) is 0 Å². The molecule has 1 aliphatic carbocycles. The van der Waals surface area contributed by atoms with Crippen LogP contribution < -0.4 is 0 Å². The van der Waals surface area contributed by atoms with E-state index < -0.39 is 8.32 Å². The highest BCUT2D eigenvalue weighted by molar-refractivity contribution is 6.74. The number of allylic oxidation sites excluding steroid dienone is 2. The van der Waals surface area contributed by atoms with Crippen LogP contribution in [0.5, 0.6) is 0 Å². The first kappa shape index (κ1) is 23.9. The fourth-order valence-electron chi connectivity index (χ4n) is 4.03. The smallest absolute Gasteiger partial charge is 0.192 e. The van der Waals surface area contributed by atoms with Crippen LogP contribution in [0.3, 0.4) is 0 Å². The van der Waals surface area contributed by atoms with Gasteiger partial charge in [-0.15, -0.1) is 0 Å². The van der Waals surface area contributed by atoms with E-state index in [0.717, 1.165) is 31.4 Å². The van der Waals surface area contributed by atoms with Gasteiger partial charge in [0.1, 0.15) is 6.10 Å². The van der Waals surface area contributed by atoms with Crippen LogP contribution in [0.2, 0.25) is 18.1 Å². The molecule has 1 unspecified atom stereocenters. The Bertz CT molecular complexity index is 497. The molecular formula is C23H44O4Si. The molecule has 0 bridgehead atoms. The minimum atomic E-state index is -1.75. The standard InChI is InChI=1S/C23H44O4Si/c1-8-24-18(2)25-17-11-13-19-12-9-14-20-21(26-19)15-10-16-22(20)27-28(6,7)23(3,4)5/h12,18,20-22H,8-11,13-17H2,1-7H3/t18?,20-,21+,22-/m1/s1. The first-order chi connectivity index (χ1) is 13.1. The van der Waals surface area contributed by atoms with Gasteiger partial charge in [0.05, 0.1) is 18.5 Å². The van der Waals surface area contributed by atoms with Crippen molar-refractivity contribution in [2.75, 3.05) is 13.2 Å². The monoisotopic (exact) mass is 412 g/mol. The van der Waals surface area contributed by atoms with Crippen LogP contribution in [0, 0.1) is 5.92 Å². The summed E-state index contributed by atoms with van der Waals surface area (Å²) in [7, 11) is -1.75. The molecule has 1 aliphatic heterocycles. The Morgan fingerprint density at radius 1 is 1.18 bits per heavy atom. The Morgan fingerprint density at radius 3 is 2.61 bits per heavy atom. The van der Waals surface area contributed by atoms with Crippen molar-refractivity contribution in [2.45, 2.75) is 116 Å². The van der Waals surface area contributed by atoms with Gasteiger partial charge in [-0.05, 0) is 76.6 Å². The van der Waals surface area contributed by atoms with E-state index in [2.05, 4.69) is 39.9 Å². The zero-order valence-electron chi connectivity index (χ0n) is 19.4. The van der Waals surface area contributed by atoms with Crippen molar-refractivity contribution in [3.05, 3.63) is 11.8 Å². The van der Waals surface area contributed by atoms with Crippen molar-refractivity contribution in [2.24, 2.45) is 5.92 Å². The van der Waals surface area contributed by atoms with Crippen molar-refractivity contribution >= 4 is 8.32 Å². The molecule has 5 heteroatoms. The highest BCUT2D eigenvalue weighted by Crippen LogP contribution is 2.43. The Labute approximate surface area is 174 Å². The second kappa shape index (κ2) is 10.6. The van der Waals surface area contributed by atoms with Crippen molar-refractivity contribution < 1.29 is 18.6 Å². The van der Waals surface area contributed by atoms with Gasteiger partial charge in [0.25, 0.3) is 0 Å². The summed E-state index contributed by atoms with van der Waals surface area (Å²) in [5.74, 6) is 1.69. The molecule has 0 radical (unpaired) electrons. The maximum atomic E-state index is 6.85. The van der Waals surface area contributed by atoms with Crippen LogP contribution in [0.4, 0.5) is 0 Å². The molecule has 0 aromatic carbocycles. The van der Waals surface area contributed by atoms with Crippen LogP contribution in [0.1, 0.15) is 79.6 Å². The van der Waals surface area contributed by atoms with Crippen LogP contribution in [-0.4, -0.2) is 40.0 Å². The quantitative estimate of drug-likeness (QED) is 0.249. The largest absolute Gasteiger partial charge is 0.495 e. The lowest BCUT2D eigenvalue weighted by Gasteiger charge is -2.45. The third kappa shape index (κ3) is 6.86. The summed E-state index contributed by atoms with van der Waals surface area (Å²) in [5.41, 5.74) is 0. The lowest BCUT2D eigenvalue weighted by atomic mass is 9.81. The maximum absolute atomic E-state index is 6.85. The number of fused-ring (bicyclic) bond motifs is 1. The summed E-state index contributed by atoms with van der Waals surface area (Å²) in [4.78, 5) is 0. The average Bonchev–Trinajstić information content (AvgIpc) is 2.80. The van der Waals surface area contributed by atoms with E-state index >= 15 is 0 Å². The molecular weight excluding hydrogens is 368 g/mol. The normalized spacial score (nSPS) is 27.4. The molecule has 0 amide bonds. The Hall–Kier alpha value is -0.363. The summed E-state index contributed by atoms with van der Waals surface area (Å²) in [6, 6.07) is 0. The maximum Gasteiger partial charge on any atom is 0.192 e. The summed E-state index contributed by atoms with van der Waals surface area (Å²) in [5, 5.41) is 0.258. The minimum Gasteiger partial charge on any atom is -0.495 e. The Morgan fingerprint density at radius 2 is 1.93 bits per heavy atom. The van der Waals surface area contributed by atoms with Crippen molar-refractivity contribution in [1.29, 1.82) is 0 Å². The molecule has 2 rings (SSSR count). The molecule has 0 spiro atoms. The highest BCUT2D eigenvalue weighted by atomic mass is 28.4. The van der Waals surface area contributed by atoms with E-state index in [0.29, 0.717) is 31.3 Å². The lowest BCUT2D eigenvalue weighted by Crippen LogP contribution is -2.49. The van der Waals surface area contributed by atoms with E-state index in [1.54, 1.807) is 0 Å². The molecule has 2 aliphatic rings. The van der Waals surface area contributed by atoms with Crippen LogP contribution >= 0.6 is 0 Å². The van der Waals surface area contributed by atoms with Gasteiger partial charge in [-0.25, -0.2) is 0 Å². The van der Waals surface area contributed by atoms with Crippen molar-refractivity contribution in [1.82, 2.24) is 0 Å². The van der Waals surface area contributed by atoms with Crippen LogP contribution in [0.15, 0.2) is 11.8 Å². The molecule has 0 aromatic heterocycles.